The van der Waals surface area contributed by atoms with Gasteiger partial charge in [-0.15, -0.1) is 0 Å². The number of halogens is 1. The molecule has 0 radical (unpaired) electrons. The molecule has 1 saturated carbocycles. The summed E-state index contributed by atoms with van der Waals surface area (Å²) in [6.07, 6.45) is 6.72. The summed E-state index contributed by atoms with van der Waals surface area (Å²) in [7, 11) is 0. The fourth-order valence-electron chi connectivity index (χ4n) is 2.03. The quantitative estimate of drug-likeness (QED) is 0.828. The molecule has 1 aliphatic rings. The lowest BCUT2D eigenvalue weighted by atomic mass is 9.83. The second-order valence-corrected chi connectivity index (χ2v) is 4.66. The molecule has 1 atom stereocenters. The van der Waals surface area contributed by atoms with Crippen LogP contribution >= 0.6 is 0 Å². The second-order valence-electron chi connectivity index (χ2n) is 4.66. The number of hydrogen-bond donors (Lipinski definition) is 1. The number of nitrogens with one attached hydrogen (secondary N) is 1. The first-order valence-electron chi connectivity index (χ1n) is 6.10. The zero-order valence-electron chi connectivity index (χ0n) is 9.75. The number of nitrogens with zero attached hydrogens (tertiary/aromatic N) is 1. The minimum atomic E-state index is -0.273. The summed E-state index contributed by atoms with van der Waals surface area (Å²) >= 11 is 0. The van der Waals surface area contributed by atoms with Crippen LogP contribution in [-0.2, 0) is 0 Å². The third-order valence-electron chi connectivity index (χ3n) is 3.42. The van der Waals surface area contributed by atoms with Gasteiger partial charge in [-0.2, -0.15) is 0 Å². The maximum absolute atomic E-state index is 12.7. The van der Waals surface area contributed by atoms with Gasteiger partial charge in [0, 0.05) is 6.04 Å². The molecule has 3 heteroatoms. The van der Waals surface area contributed by atoms with E-state index in [9.17, 15) is 4.39 Å². The Morgan fingerprint density at radius 1 is 1.50 bits per heavy atom. The van der Waals surface area contributed by atoms with Crippen molar-refractivity contribution in [3.05, 3.63) is 29.8 Å². The SMILES string of the molecule is CC(NCCC1CCC1)c1ccc(F)cn1. The van der Waals surface area contributed by atoms with Crippen molar-refractivity contribution in [3.63, 3.8) is 0 Å². The molecule has 1 aliphatic carbocycles. The number of aromatic nitrogens is 1. The van der Waals surface area contributed by atoms with E-state index in [-0.39, 0.29) is 11.9 Å². The Bertz CT molecular complexity index is 319. The summed E-state index contributed by atoms with van der Waals surface area (Å²) in [5, 5.41) is 3.43. The highest BCUT2D eigenvalue weighted by molar-refractivity contribution is 5.08. The molecule has 1 aromatic rings. The van der Waals surface area contributed by atoms with Crippen LogP contribution in [0.1, 0.15) is 44.3 Å². The summed E-state index contributed by atoms with van der Waals surface area (Å²) in [5.74, 6) is 0.659. The van der Waals surface area contributed by atoms with E-state index in [1.54, 1.807) is 6.07 Å². The number of rotatable bonds is 5. The first kappa shape index (κ1) is 11.5. The van der Waals surface area contributed by atoms with Crippen molar-refractivity contribution >= 4 is 0 Å². The van der Waals surface area contributed by atoms with Crippen molar-refractivity contribution in [2.24, 2.45) is 5.92 Å². The molecule has 1 fully saturated rings. The second kappa shape index (κ2) is 5.39. The smallest absolute Gasteiger partial charge is 0.141 e. The van der Waals surface area contributed by atoms with E-state index in [2.05, 4.69) is 17.2 Å². The molecular weight excluding hydrogens is 203 g/mol. The average molecular weight is 222 g/mol. The summed E-state index contributed by atoms with van der Waals surface area (Å²) in [5.41, 5.74) is 0.912. The van der Waals surface area contributed by atoms with Crippen molar-refractivity contribution in [1.82, 2.24) is 10.3 Å². The Balaban J connectivity index is 1.73. The van der Waals surface area contributed by atoms with Crippen LogP contribution < -0.4 is 5.32 Å². The average Bonchev–Trinajstić information content (AvgIpc) is 2.22. The molecule has 0 spiro atoms. The fraction of sp³-hybridized carbons (Fsp3) is 0.615. The van der Waals surface area contributed by atoms with Gasteiger partial charge >= 0.3 is 0 Å². The van der Waals surface area contributed by atoms with E-state index in [4.69, 9.17) is 0 Å². The molecule has 2 rings (SSSR count). The van der Waals surface area contributed by atoms with E-state index < -0.39 is 0 Å². The molecular formula is C13H19FN2. The predicted molar refractivity (Wildman–Crippen MR) is 62.6 cm³/mol. The van der Waals surface area contributed by atoms with Gasteiger partial charge in [-0.05, 0) is 37.9 Å². The van der Waals surface area contributed by atoms with Crippen LogP contribution in [0.5, 0.6) is 0 Å². The normalized spacial score (nSPS) is 18.1. The minimum Gasteiger partial charge on any atom is -0.309 e. The summed E-state index contributed by atoms with van der Waals surface area (Å²) in [6.45, 7) is 3.10. The maximum atomic E-state index is 12.7. The lowest BCUT2D eigenvalue weighted by Gasteiger charge is -2.26. The highest BCUT2D eigenvalue weighted by Gasteiger charge is 2.17. The van der Waals surface area contributed by atoms with Crippen LogP contribution in [0.25, 0.3) is 0 Å². The van der Waals surface area contributed by atoms with Crippen molar-refractivity contribution < 1.29 is 4.39 Å². The van der Waals surface area contributed by atoms with E-state index in [0.717, 1.165) is 18.2 Å². The lowest BCUT2D eigenvalue weighted by Crippen LogP contribution is -2.24. The van der Waals surface area contributed by atoms with Gasteiger partial charge in [0.25, 0.3) is 0 Å². The highest BCUT2D eigenvalue weighted by Crippen LogP contribution is 2.28. The molecule has 88 valence electrons. The molecule has 0 saturated heterocycles. The van der Waals surface area contributed by atoms with E-state index in [1.165, 1.54) is 37.9 Å². The summed E-state index contributed by atoms with van der Waals surface area (Å²) in [4.78, 5) is 4.07. The number of pyridine rings is 1. The monoisotopic (exact) mass is 222 g/mol. The molecule has 0 aromatic carbocycles. The Hall–Kier alpha value is -0.960. The zero-order chi connectivity index (χ0) is 11.4. The minimum absolute atomic E-state index is 0.209. The van der Waals surface area contributed by atoms with Gasteiger partial charge in [-0.1, -0.05) is 19.3 Å². The Morgan fingerprint density at radius 3 is 2.88 bits per heavy atom. The standard InChI is InChI=1S/C13H19FN2/c1-10(13-6-5-12(14)9-16-13)15-8-7-11-3-2-4-11/h5-6,9-11,15H,2-4,7-8H2,1H3. The molecule has 0 amide bonds. The fourth-order valence-corrected chi connectivity index (χ4v) is 2.03. The lowest BCUT2D eigenvalue weighted by molar-refractivity contribution is 0.288. The molecule has 1 aromatic heterocycles. The Kier molecular flexibility index (Phi) is 3.88. The van der Waals surface area contributed by atoms with Crippen LogP contribution in [0.2, 0.25) is 0 Å². The molecule has 0 aliphatic heterocycles. The van der Waals surface area contributed by atoms with Gasteiger partial charge in [0.1, 0.15) is 5.82 Å². The van der Waals surface area contributed by atoms with Gasteiger partial charge in [0.05, 0.1) is 11.9 Å². The third-order valence-corrected chi connectivity index (χ3v) is 3.42. The van der Waals surface area contributed by atoms with Crippen LogP contribution in [0.15, 0.2) is 18.3 Å². The van der Waals surface area contributed by atoms with Crippen LogP contribution in [0.3, 0.4) is 0 Å². The Morgan fingerprint density at radius 2 is 2.31 bits per heavy atom. The van der Waals surface area contributed by atoms with Crippen LogP contribution in [0.4, 0.5) is 4.39 Å². The number of hydrogen-bond acceptors (Lipinski definition) is 2. The summed E-state index contributed by atoms with van der Waals surface area (Å²) < 4.78 is 12.7. The molecule has 16 heavy (non-hydrogen) atoms. The first-order chi connectivity index (χ1) is 7.75. The molecule has 1 N–H and O–H groups in total. The summed E-state index contributed by atoms with van der Waals surface area (Å²) in [6, 6.07) is 3.42. The first-order valence-corrected chi connectivity index (χ1v) is 6.10. The van der Waals surface area contributed by atoms with Crippen molar-refractivity contribution in [2.45, 2.75) is 38.6 Å². The zero-order valence-corrected chi connectivity index (χ0v) is 9.75. The largest absolute Gasteiger partial charge is 0.309 e. The molecule has 2 nitrogen and oxygen atoms in total. The van der Waals surface area contributed by atoms with Gasteiger partial charge in [0.15, 0.2) is 0 Å². The molecule has 0 bridgehead atoms. The van der Waals surface area contributed by atoms with Gasteiger partial charge in [-0.3, -0.25) is 4.98 Å². The topological polar surface area (TPSA) is 24.9 Å². The molecule has 1 unspecified atom stereocenters. The third kappa shape index (κ3) is 3.01. The van der Waals surface area contributed by atoms with Gasteiger partial charge in [-0.25, -0.2) is 4.39 Å². The Labute approximate surface area is 96.3 Å². The van der Waals surface area contributed by atoms with Gasteiger partial charge < -0.3 is 5.32 Å². The predicted octanol–water partition coefficient (Wildman–Crippen LogP) is 3.06. The van der Waals surface area contributed by atoms with Crippen LogP contribution in [0, 0.1) is 11.7 Å². The van der Waals surface area contributed by atoms with E-state index in [1.807, 2.05) is 0 Å². The maximum Gasteiger partial charge on any atom is 0.141 e. The van der Waals surface area contributed by atoms with Crippen molar-refractivity contribution in [3.8, 4) is 0 Å². The van der Waals surface area contributed by atoms with Crippen LogP contribution in [-0.4, -0.2) is 11.5 Å². The highest BCUT2D eigenvalue weighted by atomic mass is 19.1. The van der Waals surface area contributed by atoms with Crippen molar-refractivity contribution in [2.75, 3.05) is 6.54 Å². The van der Waals surface area contributed by atoms with Crippen molar-refractivity contribution in [1.29, 1.82) is 0 Å². The van der Waals surface area contributed by atoms with Gasteiger partial charge in [0.2, 0.25) is 0 Å². The van der Waals surface area contributed by atoms with E-state index in [0.29, 0.717) is 0 Å². The molecule has 1 heterocycles. The van der Waals surface area contributed by atoms with E-state index >= 15 is 0 Å².